The molecule has 0 spiro atoms. The third kappa shape index (κ3) is 1.82. The summed E-state index contributed by atoms with van der Waals surface area (Å²) in [5.74, 6) is 0.126. The predicted molar refractivity (Wildman–Crippen MR) is 91.3 cm³/mol. The zero-order chi connectivity index (χ0) is 15.3. The van der Waals surface area contributed by atoms with Gasteiger partial charge in [-0.25, -0.2) is 0 Å². The van der Waals surface area contributed by atoms with Gasteiger partial charge in [0.25, 0.3) is 0 Å². The van der Waals surface area contributed by atoms with Crippen LogP contribution in [0.3, 0.4) is 0 Å². The summed E-state index contributed by atoms with van der Waals surface area (Å²) in [5, 5.41) is 0. The molecule has 2 aromatic rings. The molecule has 106 valence electrons. The molecule has 22 heavy (non-hydrogen) atoms. The van der Waals surface area contributed by atoms with Gasteiger partial charge >= 0.3 is 0 Å². The van der Waals surface area contributed by atoms with Crippen molar-refractivity contribution >= 4 is 23.0 Å². The molecule has 0 radical (unpaired) electrons. The van der Waals surface area contributed by atoms with Gasteiger partial charge in [-0.3, -0.25) is 4.79 Å². The van der Waals surface area contributed by atoms with E-state index in [1.165, 1.54) is 5.56 Å². The number of aryl methyl sites for hydroxylation is 2. The van der Waals surface area contributed by atoms with Gasteiger partial charge in [-0.05, 0) is 53.8 Å². The first-order valence-electron chi connectivity index (χ1n) is 7.51. The number of Topliss-reactive ketones (excluding diaryl/α,β-unsaturated/α-hetero) is 1. The van der Waals surface area contributed by atoms with Crippen LogP contribution in [-0.2, 0) is 4.79 Å². The van der Waals surface area contributed by atoms with Crippen molar-refractivity contribution in [2.45, 2.75) is 13.8 Å². The van der Waals surface area contributed by atoms with Crippen molar-refractivity contribution < 1.29 is 4.79 Å². The number of allylic oxidation sites excluding steroid dienone is 5. The number of hydrogen-bond donors (Lipinski definition) is 0. The van der Waals surface area contributed by atoms with Crippen LogP contribution < -0.4 is 0 Å². The standard InChI is InChI=1S/C21H16O/c1-13-7-8-16(14(2)11-13)19-10-9-18-17-6-4-3-5-15(17)12-20(18)21(19)22/h3-12H,1-2H3. The third-order valence-corrected chi connectivity index (χ3v) is 4.42. The Morgan fingerprint density at radius 3 is 2.36 bits per heavy atom. The van der Waals surface area contributed by atoms with Gasteiger partial charge in [-0.15, -0.1) is 0 Å². The van der Waals surface area contributed by atoms with Crippen LogP contribution in [0.2, 0.25) is 0 Å². The summed E-state index contributed by atoms with van der Waals surface area (Å²) >= 11 is 0. The lowest BCUT2D eigenvalue weighted by molar-refractivity contribution is -0.110. The first-order chi connectivity index (χ1) is 10.6. The maximum Gasteiger partial charge on any atom is 0.194 e. The molecule has 2 aromatic carbocycles. The first-order valence-corrected chi connectivity index (χ1v) is 7.51. The molecule has 1 heteroatoms. The minimum Gasteiger partial charge on any atom is -0.289 e. The molecule has 2 aliphatic rings. The molecule has 0 aliphatic heterocycles. The Kier molecular flexibility index (Phi) is 2.77. The van der Waals surface area contributed by atoms with Crippen LogP contribution in [0.5, 0.6) is 0 Å². The summed E-state index contributed by atoms with van der Waals surface area (Å²) in [5.41, 5.74) is 8.34. The molecule has 0 aromatic heterocycles. The van der Waals surface area contributed by atoms with Crippen molar-refractivity contribution in [1.82, 2.24) is 0 Å². The van der Waals surface area contributed by atoms with Crippen LogP contribution in [0.4, 0.5) is 0 Å². The Morgan fingerprint density at radius 2 is 1.55 bits per heavy atom. The molecule has 0 atom stereocenters. The Morgan fingerprint density at radius 1 is 0.773 bits per heavy atom. The Balaban J connectivity index is 1.85. The van der Waals surface area contributed by atoms with Crippen LogP contribution in [-0.4, -0.2) is 5.78 Å². The van der Waals surface area contributed by atoms with Crippen molar-refractivity contribution in [1.29, 1.82) is 0 Å². The molecule has 0 fully saturated rings. The van der Waals surface area contributed by atoms with E-state index in [-0.39, 0.29) is 5.78 Å². The predicted octanol–water partition coefficient (Wildman–Crippen LogP) is 4.75. The smallest absolute Gasteiger partial charge is 0.194 e. The van der Waals surface area contributed by atoms with Crippen LogP contribution in [0.25, 0.3) is 17.2 Å². The van der Waals surface area contributed by atoms with Gasteiger partial charge in [-0.2, -0.15) is 0 Å². The summed E-state index contributed by atoms with van der Waals surface area (Å²) in [6.45, 7) is 4.13. The second-order valence-electron chi connectivity index (χ2n) is 5.95. The Bertz CT molecular complexity index is 907. The van der Waals surface area contributed by atoms with Gasteiger partial charge in [0.15, 0.2) is 5.78 Å². The zero-order valence-electron chi connectivity index (χ0n) is 12.7. The van der Waals surface area contributed by atoms with E-state index in [1.807, 2.05) is 24.3 Å². The number of hydrogen-bond acceptors (Lipinski definition) is 1. The highest BCUT2D eigenvalue weighted by atomic mass is 16.1. The van der Waals surface area contributed by atoms with Crippen molar-refractivity contribution in [2.24, 2.45) is 0 Å². The molecule has 0 saturated heterocycles. The zero-order valence-corrected chi connectivity index (χ0v) is 12.7. The fraction of sp³-hybridized carbons (Fsp3) is 0.0952. The molecule has 0 N–H and O–H groups in total. The fourth-order valence-corrected chi connectivity index (χ4v) is 3.33. The number of carbonyl (C=O) groups excluding carboxylic acids is 1. The molecule has 0 saturated carbocycles. The normalized spacial score (nSPS) is 15.7. The number of rotatable bonds is 1. The molecule has 4 rings (SSSR count). The lowest BCUT2D eigenvalue weighted by Crippen LogP contribution is -2.09. The van der Waals surface area contributed by atoms with Crippen LogP contribution in [0.1, 0.15) is 27.8 Å². The molecule has 2 aliphatic carbocycles. The largest absolute Gasteiger partial charge is 0.289 e. The second-order valence-corrected chi connectivity index (χ2v) is 5.95. The van der Waals surface area contributed by atoms with E-state index in [2.05, 4.69) is 50.3 Å². The monoisotopic (exact) mass is 284 g/mol. The average Bonchev–Trinajstić information content (AvgIpc) is 2.88. The van der Waals surface area contributed by atoms with Crippen LogP contribution >= 0.6 is 0 Å². The van der Waals surface area contributed by atoms with E-state index in [1.54, 1.807) is 0 Å². The van der Waals surface area contributed by atoms with Gasteiger partial charge in [0.2, 0.25) is 0 Å². The van der Waals surface area contributed by atoms with Gasteiger partial charge < -0.3 is 0 Å². The SMILES string of the molecule is Cc1ccc(C2=CC=C3C(=Cc4ccccc43)C2=O)c(C)c1. The fourth-order valence-electron chi connectivity index (χ4n) is 3.33. The Hall–Kier alpha value is -2.67. The molecule has 0 amide bonds. The molecule has 0 unspecified atom stereocenters. The summed E-state index contributed by atoms with van der Waals surface area (Å²) in [6, 6.07) is 14.4. The van der Waals surface area contributed by atoms with E-state index >= 15 is 0 Å². The maximum absolute atomic E-state index is 12.9. The molecular weight excluding hydrogens is 268 g/mol. The van der Waals surface area contributed by atoms with Gasteiger partial charge in [-0.1, -0.05) is 54.1 Å². The van der Waals surface area contributed by atoms with Gasteiger partial charge in [0.1, 0.15) is 0 Å². The summed E-state index contributed by atoms with van der Waals surface area (Å²) in [4.78, 5) is 12.9. The average molecular weight is 284 g/mol. The van der Waals surface area contributed by atoms with Crippen LogP contribution in [0, 0.1) is 13.8 Å². The summed E-state index contributed by atoms with van der Waals surface area (Å²) in [7, 11) is 0. The molecule has 0 bridgehead atoms. The third-order valence-electron chi connectivity index (χ3n) is 4.42. The highest BCUT2D eigenvalue weighted by molar-refractivity contribution is 6.38. The Labute approximate surface area is 130 Å². The number of benzene rings is 2. The highest BCUT2D eigenvalue weighted by Crippen LogP contribution is 2.41. The van der Waals surface area contributed by atoms with E-state index < -0.39 is 0 Å². The minimum atomic E-state index is 0.126. The van der Waals surface area contributed by atoms with E-state index in [0.717, 1.165) is 39.0 Å². The van der Waals surface area contributed by atoms with E-state index in [4.69, 9.17) is 0 Å². The second kappa shape index (κ2) is 4.67. The molecular formula is C21H16O. The van der Waals surface area contributed by atoms with Crippen molar-refractivity contribution in [2.75, 3.05) is 0 Å². The lowest BCUT2D eigenvalue weighted by atomic mass is 9.86. The number of ketones is 1. The number of fused-ring (bicyclic) bond motifs is 3. The van der Waals surface area contributed by atoms with Crippen LogP contribution in [0.15, 0.2) is 60.2 Å². The topological polar surface area (TPSA) is 17.1 Å². The summed E-state index contributed by atoms with van der Waals surface area (Å²) < 4.78 is 0. The quantitative estimate of drug-likeness (QED) is 0.738. The van der Waals surface area contributed by atoms with Gasteiger partial charge in [0, 0.05) is 11.1 Å². The van der Waals surface area contributed by atoms with E-state index in [9.17, 15) is 4.79 Å². The summed E-state index contributed by atoms with van der Waals surface area (Å²) in [6.07, 6.45) is 6.06. The van der Waals surface area contributed by atoms with E-state index in [0.29, 0.717) is 0 Å². The highest BCUT2D eigenvalue weighted by Gasteiger charge is 2.29. The van der Waals surface area contributed by atoms with Crippen molar-refractivity contribution in [3.8, 4) is 0 Å². The van der Waals surface area contributed by atoms with Crippen molar-refractivity contribution in [3.05, 3.63) is 88.0 Å². The first kappa shape index (κ1) is 13.0. The molecule has 0 heterocycles. The lowest BCUT2D eigenvalue weighted by Gasteiger charge is -2.16. The van der Waals surface area contributed by atoms with Crippen molar-refractivity contribution in [3.63, 3.8) is 0 Å². The number of carbonyl (C=O) groups is 1. The molecule has 1 nitrogen and oxygen atoms in total. The minimum absolute atomic E-state index is 0.126. The van der Waals surface area contributed by atoms with Gasteiger partial charge in [0.05, 0.1) is 0 Å². The maximum atomic E-state index is 12.9.